The number of piperidine rings is 1. The lowest BCUT2D eigenvalue weighted by Gasteiger charge is -2.31. The first-order valence-corrected chi connectivity index (χ1v) is 9.12. The first-order valence-electron chi connectivity index (χ1n) is 7.64. The summed E-state index contributed by atoms with van der Waals surface area (Å²) in [6.45, 7) is 7.16. The Balaban J connectivity index is 2.00. The Hall–Kier alpha value is -1.40. The van der Waals surface area contributed by atoms with E-state index in [4.69, 9.17) is 0 Å². The van der Waals surface area contributed by atoms with Crippen LogP contribution in [0.5, 0.6) is 0 Å². The van der Waals surface area contributed by atoms with Crippen LogP contribution in [0.25, 0.3) is 0 Å². The molecule has 1 aromatic rings. The largest absolute Gasteiger partial charge is 0.341 e. The van der Waals surface area contributed by atoms with Gasteiger partial charge in [0.1, 0.15) is 0 Å². The zero-order valence-corrected chi connectivity index (χ0v) is 14.2. The number of benzene rings is 1. The van der Waals surface area contributed by atoms with Gasteiger partial charge >= 0.3 is 0 Å². The number of rotatable bonds is 4. The Morgan fingerprint density at radius 2 is 2.05 bits per heavy atom. The van der Waals surface area contributed by atoms with Gasteiger partial charge in [0.25, 0.3) is 0 Å². The van der Waals surface area contributed by atoms with E-state index in [0.717, 1.165) is 24.0 Å². The molecule has 1 aliphatic rings. The van der Waals surface area contributed by atoms with Crippen molar-refractivity contribution in [1.82, 2.24) is 9.62 Å². The molecule has 122 valence electrons. The molecule has 22 heavy (non-hydrogen) atoms. The van der Waals surface area contributed by atoms with Crippen LogP contribution in [0, 0.1) is 19.8 Å². The number of aryl methyl sites for hydroxylation is 2. The highest BCUT2D eigenvalue weighted by Gasteiger charge is 2.23. The lowest BCUT2D eigenvalue weighted by Crippen LogP contribution is -2.44. The topological polar surface area (TPSA) is 66.5 Å². The Morgan fingerprint density at radius 3 is 2.68 bits per heavy atom. The van der Waals surface area contributed by atoms with E-state index in [0.29, 0.717) is 19.0 Å². The Kier molecular flexibility index (Phi) is 5.24. The third-order valence-corrected chi connectivity index (χ3v) is 5.61. The molecule has 2 rings (SSSR count). The number of carbonyl (C=O) groups is 1. The van der Waals surface area contributed by atoms with Crippen LogP contribution in [0.15, 0.2) is 23.1 Å². The van der Waals surface area contributed by atoms with Gasteiger partial charge in [-0.05, 0) is 55.9 Å². The molecule has 1 N–H and O–H groups in total. The van der Waals surface area contributed by atoms with E-state index in [9.17, 15) is 13.2 Å². The minimum absolute atomic E-state index is 0.154. The van der Waals surface area contributed by atoms with Crippen LogP contribution in [-0.4, -0.2) is 38.9 Å². The smallest absolute Gasteiger partial charge is 0.241 e. The molecule has 0 aliphatic carbocycles. The molecule has 1 heterocycles. The van der Waals surface area contributed by atoms with Gasteiger partial charge in [0.2, 0.25) is 15.9 Å². The molecule has 0 aromatic heterocycles. The van der Waals surface area contributed by atoms with Crippen LogP contribution in [0.2, 0.25) is 0 Å². The zero-order chi connectivity index (χ0) is 16.3. The zero-order valence-electron chi connectivity index (χ0n) is 13.4. The standard InChI is InChI=1S/C16H24N2O3S/c1-12-5-4-8-18(11-12)16(19)10-17-22(20,21)15-7-6-13(2)14(3)9-15/h6-7,9,12,17H,4-5,8,10-11H2,1-3H3. The molecule has 6 heteroatoms. The summed E-state index contributed by atoms with van der Waals surface area (Å²) in [7, 11) is -3.64. The normalized spacial score (nSPS) is 19.2. The van der Waals surface area contributed by atoms with Gasteiger partial charge in [-0.3, -0.25) is 4.79 Å². The van der Waals surface area contributed by atoms with Crippen molar-refractivity contribution in [2.24, 2.45) is 5.92 Å². The van der Waals surface area contributed by atoms with E-state index in [2.05, 4.69) is 11.6 Å². The van der Waals surface area contributed by atoms with Crippen LogP contribution in [-0.2, 0) is 14.8 Å². The predicted octanol–water partition coefficient (Wildman–Crippen LogP) is 1.84. The molecule has 0 spiro atoms. The van der Waals surface area contributed by atoms with E-state index >= 15 is 0 Å². The summed E-state index contributed by atoms with van der Waals surface area (Å²) >= 11 is 0. The summed E-state index contributed by atoms with van der Waals surface area (Å²) in [5.74, 6) is 0.327. The molecular weight excluding hydrogens is 300 g/mol. The van der Waals surface area contributed by atoms with Gasteiger partial charge in [-0.15, -0.1) is 0 Å². The molecule has 0 bridgehead atoms. The molecule has 1 aromatic carbocycles. The van der Waals surface area contributed by atoms with Crippen LogP contribution >= 0.6 is 0 Å². The van der Waals surface area contributed by atoms with Crippen molar-refractivity contribution < 1.29 is 13.2 Å². The highest BCUT2D eigenvalue weighted by atomic mass is 32.2. The molecule has 0 radical (unpaired) electrons. The maximum absolute atomic E-state index is 12.3. The summed E-state index contributed by atoms with van der Waals surface area (Å²) in [4.78, 5) is 14.1. The highest BCUT2D eigenvalue weighted by Crippen LogP contribution is 2.16. The maximum Gasteiger partial charge on any atom is 0.241 e. The van der Waals surface area contributed by atoms with Crippen molar-refractivity contribution >= 4 is 15.9 Å². The quantitative estimate of drug-likeness (QED) is 0.919. The van der Waals surface area contributed by atoms with Crippen LogP contribution in [0.1, 0.15) is 30.9 Å². The summed E-state index contributed by atoms with van der Waals surface area (Å²) < 4.78 is 26.9. The van der Waals surface area contributed by atoms with E-state index in [1.165, 1.54) is 0 Å². The number of nitrogens with one attached hydrogen (secondary N) is 1. The van der Waals surface area contributed by atoms with E-state index < -0.39 is 10.0 Å². The van der Waals surface area contributed by atoms with Crippen molar-refractivity contribution in [2.75, 3.05) is 19.6 Å². The van der Waals surface area contributed by atoms with Crippen LogP contribution in [0.4, 0.5) is 0 Å². The SMILES string of the molecule is Cc1ccc(S(=O)(=O)NCC(=O)N2CCCC(C)C2)cc1C. The number of amides is 1. The van der Waals surface area contributed by atoms with Crippen molar-refractivity contribution in [2.45, 2.75) is 38.5 Å². The third-order valence-electron chi connectivity index (χ3n) is 4.21. The second kappa shape index (κ2) is 6.79. The van der Waals surface area contributed by atoms with E-state index in [1.54, 1.807) is 23.1 Å². The average molecular weight is 324 g/mol. The number of carbonyl (C=O) groups excluding carboxylic acids is 1. The fourth-order valence-electron chi connectivity index (χ4n) is 2.65. The Morgan fingerprint density at radius 1 is 1.32 bits per heavy atom. The van der Waals surface area contributed by atoms with Crippen molar-refractivity contribution in [3.05, 3.63) is 29.3 Å². The molecule has 1 aliphatic heterocycles. The molecule has 5 nitrogen and oxygen atoms in total. The Bertz CT molecular complexity index is 655. The minimum Gasteiger partial charge on any atom is -0.341 e. The minimum atomic E-state index is -3.64. The molecule has 1 unspecified atom stereocenters. The maximum atomic E-state index is 12.3. The van der Waals surface area contributed by atoms with Gasteiger partial charge in [-0.2, -0.15) is 0 Å². The van der Waals surface area contributed by atoms with Gasteiger partial charge < -0.3 is 4.90 Å². The molecular formula is C16H24N2O3S. The molecule has 1 fully saturated rings. The fraction of sp³-hybridized carbons (Fsp3) is 0.562. The van der Waals surface area contributed by atoms with E-state index in [-0.39, 0.29) is 17.3 Å². The van der Waals surface area contributed by atoms with Crippen LogP contribution in [0.3, 0.4) is 0 Å². The Labute approximate surface area is 132 Å². The molecule has 1 atom stereocenters. The second-order valence-electron chi connectivity index (χ2n) is 6.16. The monoisotopic (exact) mass is 324 g/mol. The number of hydrogen-bond donors (Lipinski definition) is 1. The molecule has 1 saturated heterocycles. The van der Waals surface area contributed by atoms with Gasteiger partial charge in [-0.25, -0.2) is 13.1 Å². The van der Waals surface area contributed by atoms with Crippen molar-refractivity contribution in [3.8, 4) is 0 Å². The summed E-state index contributed by atoms with van der Waals surface area (Å²) in [6.07, 6.45) is 2.11. The summed E-state index contributed by atoms with van der Waals surface area (Å²) in [5, 5.41) is 0. The summed E-state index contributed by atoms with van der Waals surface area (Å²) in [5.41, 5.74) is 1.95. The van der Waals surface area contributed by atoms with Crippen molar-refractivity contribution in [1.29, 1.82) is 0 Å². The average Bonchev–Trinajstić information content (AvgIpc) is 2.47. The lowest BCUT2D eigenvalue weighted by molar-refractivity contribution is -0.131. The molecule has 1 amide bonds. The van der Waals surface area contributed by atoms with Gasteiger partial charge in [0.05, 0.1) is 11.4 Å². The summed E-state index contributed by atoms with van der Waals surface area (Å²) in [6, 6.07) is 4.97. The second-order valence-corrected chi connectivity index (χ2v) is 7.92. The first-order chi connectivity index (χ1) is 10.3. The lowest BCUT2D eigenvalue weighted by atomic mass is 10.0. The van der Waals surface area contributed by atoms with Gasteiger partial charge in [-0.1, -0.05) is 13.0 Å². The van der Waals surface area contributed by atoms with Gasteiger partial charge in [0.15, 0.2) is 0 Å². The van der Waals surface area contributed by atoms with Crippen molar-refractivity contribution in [3.63, 3.8) is 0 Å². The van der Waals surface area contributed by atoms with Gasteiger partial charge in [0, 0.05) is 13.1 Å². The fourth-order valence-corrected chi connectivity index (χ4v) is 3.71. The number of nitrogens with zero attached hydrogens (tertiary/aromatic N) is 1. The number of likely N-dealkylation sites (tertiary alicyclic amines) is 1. The first kappa shape index (κ1) is 17.0. The predicted molar refractivity (Wildman–Crippen MR) is 86.1 cm³/mol. The van der Waals surface area contributed by atoms with E-state index in [1.807, 2.05) is 13.8 Å². The highest BCUT2D eigenvalue weighted by molar-refractivity contribution is 7.89. The number of sulfonamides is 1. The molecule has 0 saturated carbocycles. The third kappa shape index (κ3) is 4.08. The van der Waals surface area contributed by atoms with Crippen LogP contribution < -0.4 is 4.72 Å². The number of hydrogen-bond acceptors (Lipinski definition) is 3.